The second kappa shape index (κ2) is 9.85. The van der Waals surface area contributed by atoms with E-state index in [9.17, 15) is 19.3 Å². The molecule has 0 spiro atoms. The monoisotopic (exact) mass is 412 g/mol. The predicted octanol–water partition coefficient (Wildman–Crippen LogP) is -0.161. The summed E-state index contributed by atoms with van der Waals surface area (Å²) in [6.45, 7) is -0.566. The Labute approximate surface area is 160 Å². The highest BCUT2D eigenvalue weighted by atomic mass is 31.2. The number of phosphoric acid groups is 1. The van der Waals surface area contributed by atoms with Gasteiger partial charge in [0.05, 0.1) is 6.61 Å². The van der Waals surface area contributed by atoms with Crippen molar-refractivity contribution in [1.29, 1.82) is 0 Å². The van der Waals surface area contributed by atoms with Gasteiger partial charge in [0.15, 0.2) is 0 Å². The van der Waals surface area contributed by atoms with Gasteiger partial charge in [0, 0.05) is 25.5 Å². The molecule has 1 aliphatic heterocycles. The molecule has 4 N–H and O–H groups in total. The lowest BCUT2D eigenvalue weighted by atomic mass is 10.2. The lowest BCUT2D eigenvalue weighted by Gasteiger charge is -2.16. The number of hydrogen-bond donors (Lipinski definition) is 4. The van der Waals surface area contributed by atoms with Gasteiger partial charge in [-0.2, -0.15) is 0 Å². The van der Waals surface area contributed by atoms with Crippen LogP contribution >= 0.6 is 7.82 Å². The van der Waals surface area contributed by atoms with Gasteiger partial charge in [-0.05, 0) is 12.8 Å². The van der Waals surface area contributed by atoms with Crippen molar-refractivity contribution >= 4 is 7.82 Å². The molecule has 1 fully saturated rings. The fourth-order valence-corrected chi connectivity index (χ4v) is 3.28. The number of nitrogens with zero attached hydrogens (tertiary/aromatic N) is 1. The lowest BCUT2D eigenvalue weighted by molar-refractivity contribution is -0.0452. The third-order valence-electron chi connectivity index (χ3n) is 4.01. The number of aromatic amines is 1. The van der Waals surface area contributed by atoms with Gasteiger partial charge in [0.2, 0.25) is 0 Å². The first kappa shape index (κ1) is 22.1. The fourth-order valence-electron chi connectivity index (χ4n) is 2.71. The molecule has 28 heavy (non-hydrogen) atoms. The second-order valence-corrected chi connectivity index (χ2v) is 7.30. The summed E-state index contributed by atoms with van der Waals surface area (Å²) in [4.78, 5) is 44.1. The summed E-state index contributed by atoms with van der Waals surface area (Å²) in [5, 5.41) is 9.33. The van der Waals surface area contributed by atoms with Crippen molar-refractivity contribution in [1.82, 2.24) is 9.55 Å². The number of H-pyrrole nitrogens is 1. The number of aliphatic hydroxyl groups is 1. The Morgan fingerprint density at radius 3 is 2.71 bits per heavy atom. The van der Waals surface area contributed by atoms with Crippen LogP contribution in [-0.4, -0.2) is 43.3 Å². The maximum absolute atomic E-state index is 12.1. The van der Waals surface area contributed by atoms with Crippen LogP contribution in [0.2, 0.25) is 0 Å². The van der Waals surface area contributed by atoms with Crippen molar-refractivity contribution in [2.24, 2.45) is 0 Å². The normalized spacial score (nSPS) is 21.7. The molecular formula is C17H21N2O8P. The Kier molecular flexibility index (Phi) is 7.78. The molecule has 0 amide bonds. The Morgan fingerprint density at radius 1 is 1.36 bits per heavy atom. The standard InChI is InChI=1S/C17H21N2O8P/c1-2-3-4-5-6-7-8-12-10-19(17(22)18-16(12)21)15-9-13(14(11-20)26-15)27-28(23,24)25/h1,10,13-15,20H,3-6,9,11H2,(H,18,21,22)(H2,23,24,25)/t13-,14?,15-/m1/s1. The summed E-state index contributed by atoms with van der Waals surface area (Å²) in [6.07, 6.45) is 5.89. The Hall–Kier alpha value is -2.17. The molecule has 1 saturated heterocycles. The summed E-state index contributed by atoms with van der Waals surface area (Å²) in [7, 11) is -4.81. The maximum atomic E-state index is 12.1. The number of terminal acetylenes is 1. The molecule has 1 aliphatic rings. The van der Waals surface area contributed by atoms with Crippen molar-refractivity contribution in [3.63, 3.8) is 0 Å². The zero-order chi connectivity index (χ0) is 20.7. The molecule has 1 aromatic rings. The average molecular weight is 412 g/mol. The van der Waals surface area contributed by atoms with E-state index in [0.717, 1.165) is 17.4 Å². The zero-order valence-electron chi connectivity index (χ0n) is 14.9. The summed E-state index contributed by atoms with van der Waals surface area (Å²) in [5.41, 5.74) is -1.39. The first-order chi connectivity index (χ1) is 13.2. The molecular weight excluding hydrogens is 391 g/mol. The SMILES string of the molecule is C#CCCCCC#Cc1cn([C@H]2C[C@@H](OP(=O)(O)O)C(CO)O2)c(=O)[nH]c1=O. The predicted molar refractivity (Wildman–Crippen MR) is 98.0 cm³/mol. The minimum Gasteiger partial charge on any atom is -0.394 e. The third kappa shape index (κ3) is 6.18. The molecule has 0 aliphatic carbocycles. The summed E-state index contributed by atoms with van der Waals surface area (Å²) < 4.78 is 22.2. The molecule has 0 radical (unpaired) electrons. The number of unbranched alkanes of at least 4 members (excludes halogenated alkanes) is 3. The molecule has 152 valence electrons. The minimum absolute atomic E-state index is 0.0417. The van der Waals surface area contributed by atoms with Crippen LogP contribution < -0.4 is 11.2 Å². The molecule has 2 rings (SSSR count). The highest BCUT2D eigenvalue weighted by molar-refractivity contribution is 7.46. The number of phosphoric ester groups is 1. The molecule has 2 heterocycles. The fraction of sp³-hybridized carbons (Fsp3) is 0.529. The smallest absolute Gasteiger partial charge is 0.394 e. The van der Waals surface area contributed by atoms with Gasteiger partial charge < -0.3 is 19.6 Å². The number of rotatable bonds is 7. The van der Waals surface area contributed by atoms with Crippen LogP contribution in [0.25, 0.3) is 0 Å². The quantitative estimate of drug-likeness (QED) is 0.274. The Bertz CT molecular complexity index is 945. The number of hydrogen-bond acceptors (Lipinski definition) is 6. The molecule has 10 nitrogen and oxygen atoms in total. The van der Waals surface area contributed by atoms with Crippen LogP contribution in [-0.2, 0) is 13.8 Å². The highest BCUT2D eigenvalue weighted by Crippen LogP contribution is 2.43. The van der Waals surface area contributed by atoms with E-state index >= 15 is 0 Å². The molecule has 11 heteroatoms. The number of aliphatic hydroxyl groups excluding tert-OH is 1. The molecule has 3 atom stereocenters. The molecule has 0 saturated carbocycles. The van der Waals surface area contributed by atoms with Gasteiger partial charge in [-0.3, -0.25) is 18.9 Å². The van der Waals surface area contributed by atoms with Gasteiger partial charge in [0.1, 0.15) is 24.0 Å². The molecule has 1 unspecified atom stereocenters. The van der Waals surface area contributed by atoms with Gasteiger partial charge in [-0.15, -0.1) is 12.3 Å². The van der Waals surface area contributed by atoms with Crippen molar-refractivity contribution in [3.8, 4) is 24.2 Å². The van der Waals surface area contributed by atoms with E-state index in [2.05, 4.69) is 27.3 Å². The Balaban J connectivity index is 2.19. The van der Waals surface area contributed by atoms with E-state index in [1.54, 1.807) is 0 Å². The van der Waals surface area contributed by atoms with Gasteiger partial charge in [-0.1, -0.05) is 11.8 Å². The molecule has 1 aromatic heterocycles. The van der Waals surface area contributed by atoms with E-state index in [1.165, 1.54) is 6.20 Å². The van der Waals surface area contributed by atoms with Crippen LogP contribution in [0, 0.1) is 24.2 Å². The zero-order valence-corrected chi connectivity index (χ0v) is 15.8. The second-order valence-electron chi connectivity index (χ2n) is 6.10. The number of ether oxygens (including phenoxy) is 1. The van der Waals surface area contributed by atoms with Crippen molar-refractivity contribution < 1.29 is 28.7 Å². The van der Waals surface area contributed by atoms with Crippen LogP contribution in [0.1, 0.15) is 43.9 Å². The van der Waals surface area contributed by atoms with Crippen LogP contribution in [0.5, 0.6) is 0 Å². The lowest BCUT2D eigenvalue weighted by Crippen LogP contribution is -2.33. The van der Waals surface area contributed by atoms with Gasteiger partial charge >= 0.3 is 13.5 Å². The largest absolute Gasteiger partial charge is 0.469 e. The average Bonchev–Trinajstić information content (AvgIpc) is 3.00. The number of nitrogens with one attached hydrogen (secondary N) is 1. The Morgan fingerprint density at radius 2 is 2.07 bits per heavy atom. The molecule has 0 aromatic carbocycles. The highest BCUT2D eigenvalue weighted by Gasteiger charge is 2.40. The maximum Gasteiger partial charge on any atom is 0.469 e. The first-order valence-electron chi connectivity index (χ1n) is 8.53. The first-order valence-corrected chi connectivity index (χ1v) is 10.1. The van der Waals surface area contributed by atoms with E-state index in [-0.39, 0.29) is 12.0 Å². The van der Waals surface area contributed by atoms with Gasteiger partial charge in [0.25, 0.3) is 5.56 Å². The minimum atomic E-state index is -4.81. The van der Waals surface area contributed by atoms with E-state index < -0.39 is 44.1 Å². The van der Waals surface area contributed by atoms with Crippen LogP contribution in [0.3, 0.4) is 0 Å². The van der Waals surface area contributed by atoms with Gasteiger partial charge in [-0.25, -0.2) is 9.36 Å². The van der Waals surface area contributed by atoms with Crippen LogP contribution in [0.4, 0.5) is 0 Å². The molecule has 0 bridgehead atoms. The third-order valence-corrected chi connectivity index (χ3v) is 4.55. The van der Waals surface area contributed by atoms with E-state index in [4.69, 9.17) is 20.9 Å². The van der Waals surface area contributed by atoms with Crippen molar-refractivity contribution in [2.45, 2.75) is 50.5 Å². The van der Waals surface area contributed by atoms with Crippen LogP contribution in [0.15, 0.2) is 15.8 Å². The number of aromatic nitrogens is 2. The topological polar surface area (TPSA) is 151 Å². The summed E-state index contributed by atoms with van der Waals surface area (Å²) in [5.74, 6) is 8.05. The van der Waals surface area contributed by atoms with Crippen molar-refractivity contribution in [3.05, 3.63) is 32.6 Å². The summed E-state index contributed by atoms with van der Waals surface area (Å²) in [6, 6.07) is 0. The van der Waals surface area contributed by atoms with E-state index in [0.29, 0.717) is 12.8 Å². The van der Waals surface area contributed by atoms with Crippen molar-refractivity contribution in [2.75, 3.05) is 6.61 Å². The van der Waals surface area contributed by atoms with E-state index in [1.807, 2.05) is 0 Å². The summed E-state index contributed by atoms with van der Waals surface area (Å²) >= 11 is 0.